The van der Waals surface area contributed by atoms with E-state index in [0.29, 0.717) is 5.92 Å². The molecule has 1 aliphatic carbocycles. The lowest BCUT2D eigenvalue weighted by molar-refractivity contribution is 0.360. The molecule has 0 N–H and O–H groups in total. The molecule has 1 saturated heterocycles. The van der Waals surface area contributed by atoms with Crippen molar-refractivity contribution in [3.8, 4) is 0 Å². The van der Waals surface area contributed by atoms with Gasteiger partial charge in [0, 0.05) is 5.92 Å². The van der Waals surface area contributed by atoms with Crippen molar-refractivity contribution >= 4 is 0 Å². The molecule has 2 nitrogen and oxygen atoms in total. The lowest BCUT2D eigenvalue weighted by Gasteiger charge is -1.90. The number of epoxide rings is 1. The first-order valence-electron chi connectivity index (χ1n) is 4.56. The Labute approximate surface area is 71.5 Å². The van der Waals surface area contributed by atoms with Crippen molar-refractivity contribution in [1.82, 2.24) is 0 Å². The lowest BCUT2D eigenvalue weighted by Crippen LogP contribution is -1.75. The second-order valence-corrected chi connectivity index (χ2v) is 3.88. The van der Waals surface area contributed by atoms with Crippen molar-refractivity contribution in [2.75, 3.05) is 6.61 Å². The fourth-order valence-corrected chi connectivity index (χ4v) is 1.67. The molecule has 64 valence electrons. The number of rotatable bonds is 2. The van der Waals surface area contributed by atoms with Gasteiger partial charge in [0.05, 0.1) is 6.61 Å². The zero-order valence-corrected chi connectivity index (χ0v) is 7.12. The smallest absolute Gasteiger partial charge is 0.138 e. The zero-order valence-electron chi connectivity index (χ0n) is 7.12. The first-order chi connectivity index (χ1) is 5.84. The van der Waals surface area contributed by atoms with E-state index in [9.17, 15) is 0 Å². The molecule has 0 amide bonds. The molecule has 0 spiro atoms. The van der Waals surface area contributed by atoms with E-state index in [1.165, 1.54) is 6.42 Å². The normalized spacial score (nSPS) is 38.2. The van der Waals surface area contributed by atoms with Gasteiger partial charge < -0.3 is 9.15 Å². The summed E-state index contributed by atoms with van der Waals surface area (Å²) in [4.78, 5) is 0. The molecular formula is C10H12O2. The molecule has 0 radical (unpaired) electrons. The van der Waals surface area contributed by atoms with Crippen LogP contribution < -0.4 is 0 Å². The predicted molar refractivity (Wildman–Crippen MR) is 43.9 cm³/mol. The first-order valence-corrected chi connectivity index (χ1v) is 4.56. The molecule has 3 atom stereocenters. The van der Waals surface area contributed by atoms with Crippen LogP contribution in [0.3, 0.4) is 0 Å². The topological polar surface area (TPSA) is 25.7 Å². The van der Waals surface area contributed by atoms with Gasteiger partial charge in [-0.1, -0.05) is 6.92 Å². The number of hydrogen-bond acceptors (Lipinski definition) is 2. The average molecular weight is 164 g/mol. The average Bonchev–Trinajstić information content (AvgIpc) is 2.96. The third-order valence-electron chi connectivity index (χ3n) is 2.77. The van der Waals surface area contributed by atoms with E-state index in [1.54, 1.807) is 0 Å². The summed E-state index contributed by atoms with van der Waals surface area (Å²) in [6, 6.07) is 4.16. The van der Waals surface area contributed by atoms with E-state index in [-0.39, 0.29) is 6.10 Å². The third kappa shape index (κ3) is 0.985. The predicted octanol–water partition coefficient (Wildman–Crippen LogP) is 2.47. The minimum absolute atomic E-state index is 0.271. The lowest BCUT2D eigenvalue weighted by atomic mass is 10.3. The van der Waals surface area contributed by atoms with Gasteiger partial charge in [0.1, 0.15) is 17.6 Å². The fourth-order valence-electron chi connectivity index (χ4n) is 1.67. The van der Waals surface area contributed by atoms with E-state index in [1.807, 2.05) is 0 Å². The minimum Gasteiger partial charge on any atom is -0.463 e. The second kappa shape index (κ2) is 2.13. The maximum atomic E-state index is 5.68. The molecule has 2 heteroatoms. The van der Waals surface area contributed by atoms with E-state index in [0.717, 1.165) is 24.0 Å². The van der Waals surface area contributed by atoms with Gasteiger partial charge in [-0.2, -0.15) is 0 Å². The number of ether oxygens (including phenoxy) is 1. The Bertz CT molecular complexity index is 299. The van der Waals surface area contributed by atoms with Gasteiger partial charge >= 0.3 is 0 Å². The summed E-state index contributed by atoms with van der Waals surface area (Å²) < 4.78 is 10.8. The molecule has 1 aromatic heterocycles. The third-order valence-corrected chi connectivity index (χ3v) is 2.77. The second-order valence-electron chi connectivity index (χ2n) is 3.88. The zero-order chi connectivity index (χ0) is 8.13. The molecular weight excluding hydrogens is 152 g/mol. The fraction of sp³-hybridized carbons (Fsp3) is 0.600. The van der Waals surface area contributed by atoms with Gasteiger partial charge in [-0.05, 0) is 24.5 Å². The van der Waals surface area contributed by atoms with Gasteiger partial charge in [0.2, 0.25) is 0 Å². The Hall–Kier alpha value is -0.760. The van der Waals surface area contributed by atoms with E-state index < -0.39 is 0 Å². The maximum absolute atomic E-state index is 5.68. The molecule has 0 bridgehead atoms. The molecule has 2 fully saturated rings. The first kappa shape index (κ1) is 6.72. The van der Waals surface area contributed by atoms with Crippen LogP contribution in [0.4, 0.5) is 0 Å². The van der Waals surface area contributed by atoms with Crippen molar-refractivity contribution in [2.24, 2.45) is 5.92 Å². The van der Waals surface area contributed by atoms with E-state index in [4.69, 9.17) is 9.15 Å². The number of furan rings is 1. The molecule has 3 rings (SSSR count). The van der Waals surface area contributed by atoms with Crippen molar-refractivity contribution in [2.45, 2.75) is 25.4 Å². The minimum atomic E-state index is 0.271. The van der Waals surface area contributed by atoms with Gasteiger partial charge in [-0.3, -0.25) is 0 Å². The Kier molecular flexibility index (Phi) is 1.20. The Morgan fingerprint density at radius 3 is 2.58 bits per heavy atom. The highest BCUT2D eigenvalue weighted by Gasteiger charge is 2.38. The molecule has 1 saturated carbocycles. The molecule has 3 unspecified atom stereocenters. The summed E-state index contributed by atoms with van der Waals surface area (Å²) in [6.07, 6.45) is 1.56. The molecule has 1 aromatic rings. The summed E-state index contributed by atoms with van der Waals surface area (Å²) in [7, 11) is 0. The molecule has 1 aliphatic heterocycles. The molecule has 12 heavy (non-hydrogen) atoms. The Morgan fingerprint density at radius 2 is 2.00 bits per heavy atom. The summed E-state index contributed by atoms with van der Waals surface area (Å²) in [5, 5.41) is 0. The summed E-state index contributed by atoms with van der Waals surface area (Å²) in [5.74, 6) is 3.69. The van der Waals surface area contributed by atoms with Crippen LogP contribution >= 0.6 is 0 Å². The van der Waals surface area contributed by atoms with Gasteiger partial charge in [-0.15, -0.1) is 0 Å². The highest BCUT2D eigenvalue weighted by molar-refractivity contribution is 5.19. The Morgan fingerprint density at radius 1 is 1.33 bits per heavy atom. The van der Waals surface area contributed by atoms with Crippen molar-refractivity contribution in [3.05, 3.63) is 23.7 Å². The highest BCUT2D eigenvalue weighted by atomic mass is 16.6. The molecule has 2 heterocycles. The van der Waals surface area contributed by atoms with Gasteiger partial charge in [-0.25, -0.2) is 0 Å². The van der Waals surface area contributed by atoms with Crippen molar-refractivity contribution in [1.29, 1.82) is 0 Å². The number of hydrogen-bond donors (Lipinski definition) is 0. The quantitative estimate of drug-likeness (QED) is 0.627. The Balaban J connectivity index is 1.83. The monoisotopic (exact) mass is 164 g/mol. The largest absolute Gasteiger partial charge is 0.463 e. The standard InChI is InChI=1S/C10H12O2/c1-6-4-7(6)8-2-3-9(12-8)10-5-11-10/h2-3,6-7,10H,4-5H2,1H3. The SMILES string of the molecule is CC1CC1c1ccc(C2CO2)o1. The summed E-state index contributed by atoms with van der Waals surface area (Å²) >= 11 is 0. The highest BCUT2D eigenvalue weighted by Crippen LogP contribution is 2.48. The molecule has 0 aromatic carbocycles. The van der Waals surface area contributed by atoms with Crippen LogP contribution in [-0.4, -0.2) is 6.61 Å². The van der Waals surface area contributed by atoms with Crippen LogP contribution in [0.1, 0.15) is 36.9 Å². The van der Waals surface area contributed by atoms with Crippen LogP contribution in [0.2, 0.25) is 0 Å². The van der Waals surface area contributed by atoms with Crippen LogP contribution in [-0.2, 0) is 4.74 Å². The van der Waals surface area contributed by atoms with E-state index >= 15 is 0 Å². The van der Waals surface area contributed by atoms with Gasteiger partial charge in [0.15, 0.2) is 0 Å². The van der Waals surface area contributed by atoms with Crippen molar-refractivity contribution in [3.63, 3.8) is 0 Å². The van der Waals surface area contributed by atoms with Crippen LogP contribution in [0.5, 0.6) is 0 Å². The van der Waals surface area contributed by atoms with Crippen LogP contribution in [0.25, 0.3) is 0 Å². The maximum Gasteiger partial charge on any atom is 0.138 e. The van der Waals surface area contributed by atoms with Crippen LogP contribution in [0, 0.1) is 5.92 Å². The summed E-state index contributed by atoms with van der Waals surface area (Å²) in [5.41, 5.74) is 0. The van der Waals surface area contributed by atoms with Crippen LogP contribution in [0.15, 0.2) is 16.5 Å². The molecule has 2 aliphatic rings. The summed E-state index contributed by atoms with van der Waals surface area (Å²) in [6.45, 7) is 3.10. The van der Waals surface area contributed by atoms with Crippen molar-refractivity contribution < 1.29 is 9.15 Å². The van der Waals surface area contributed by atoms with Gasteiger partial charge in [0.25, 0.3) is 0 Å². The van der Waals surface area contributed by atoms with E-state index in [2.05, 4.69) is 19.1 Å².